The molecule has 0 N–H and O–H groups in total. The van der Waals surface area contributed by atoms with Gasteiger partial charge in [0.05, 0.1) is 23.7 Å². The lowest BCUT2D eigenvalue weighted by Crippen LogP contribution is -2.02. The fourth-order valence-electron chi connectivity index (χ4n) is 4.23. The summed E-state index contributed by atoms with van der Waals surface area (Å²) in [6, 6.07) is 37.8. The van der Waals surface area contributed by atoms with E-state index in [1.807, 2.05) is 12.1 Å². The number of benzene rings is 4. The predicted octanol–water partition coefficient (Wildman–Crippen LogP) is 7.17. The zero-order valence-corrected chi connectivity index (χ0v) is 17.5. The third kappa shape index (κ3) is 3.69. The van der Waals surface area contributed by atoms with Crippen molar-refractivity contribution in [1.29, 1.82) is 0 Å². The zero-order chi connectivity index (χ0) is 21.0. The first-order valence-corrected chi connectivity index (χ1v) is 10.5. The summed E-state index contributed by atoms with van der Waals surface area (Å²) < 4.78 is 5.80. The van der Waals surface area contributed by atoms with Crippen LogP contribution in [0.1, 0.15) is 11.3 Å². The maximum Gasteiger partial charge on any atom is 0.128 e. The molecule has 150 valence electrons. The minimum absolute atomic E-state index is 0.762. The zero-order valence-electron chi connectivity index (χ0n) is 17.5. The van der Waals surface area contributed by atoms with E-state index in [2.05, 4.69) is 97.1 Å². The topological polar surface area (TPSA) is 22.1 Å². The van der Waals surface area contributed by atoms with Gasteiger partial charge in [0.1, 0.15) is 5.75 Å². The van der Waals surface area contributed by atoms with Gasteiger partial charge in [0.25, 0.3) is 0 Å². The predicted molar refractivity (Wildman–Crippen MR) is 128 cm³/mol. The van der Waals surface area contributed by atoms with Crippen LogP contribution in [0.4, 0.5) is 0 Å². The Morgan fingerprint density at radius 1 is 0.613 bits per heavy atom. The summed E-state index contributed by atoms with van der Waals surface area (Å²) in [5.74, 6) is 0.840. The third-order valence-corrected chi connectivity index (χ3v) is 5.61. The van der Waals surface area contributed by atoms with Crippen molar-refractivity contribution in [3.8, 4) is 28.0 Å². The first kappa shape index (κ1) is 19.1. The Morgan fingerprint density at radius 3 is 1.81 bits per heavy atom. The van der Waals surface area contributed by atoms with Gasteiger partial charge in [-0.1, -0.05) is 97.1 Å². The highest BCUT2D eigenvalue weighted by atomic mass is 16.5. The molecule has 1 heterocycles. The van der Waals surface area contributed by atoms with Gasteiger partial charge in [0.15, 0.2) is 0 Å². The van der Waals surface area contributed by atoms with Crippen LogP contribution in [0.3, 0.4) is 0 Å². The summed E-state index contributed by atoms with van der Waals surface area (Å²) in [7, 11) is 1.73. The molecule has 0 aliphatic carbocycles. The second-order valence-electron chi connectivity index (χ2n) is 7.56. The van der Waals surface area contributed by atoms with Crippen LogP contribution in [-0.4, -0.2) is 12.1 Å². The smallest absolute Gasteiger partial charge is 0.128 e. The van der Waals surface area contributed by atoms with Crippen LogP contribution in [-0.2, 0) is 6.42 Å². The van der Waals surface area contributed by atoms with Crippen LogP contribution >= 0.6 is 0 Å². The Bertz CT molecular complexity index is 1310. The molecule has 1 aromatic heterocycles. The number of fused-ring (bicyclic) bond motifs is 1. The van der Waals surface area contributed by atoms with Gasteiger partial charge in [0.2, 0.25) is 0 Å². The molecule has 5 aromatic rings. The van der Waals surface area contributed by atoms with E-state index in [0.29, 0.717) is 0 Å². The lowest BCUT2D eigenvalue weighted by atomic mass is 9.88. The average molecular weight is 402 g/mol. The normalized spacial score (nSPS) is 10.9. The quantitative estimate of drug-likeness (QED) is 0.311. The summed E-state index contributed by atoms with van der Waals surface area (Å²) in [4.78, 5) is 5.16. The van der Waals surface area contributed by atoms with Crippen LogP contribution in [0.5, 0.6) is 5.75 Å². The molecular formula is C29H23NO. The Hall–Kier alpha value is -3.91. The van der Waals surface area contributed by atoms with Crippen molar-refractivity contribution < 1.29 is 4.74 Å². The molecule has 5 rings (SSSR count). The van der Waals surface area contributed by atoms with Crippen molar-refractivity contribution in [2.24, 2.45) is 0 Å². The molecule has 0 bridgehead atoms. The number of rotatable bonds is 5. The maximum absolute atomic E-state index is 5.80. The SMILES string of the molecule is COc1cccc2nc(Cc3ccccc3)c(-c3ccccc3)c(-c3ccccc3)c12. The Balaban J connectivity index is 1.91. The summed E-state index contributed by atoms with van der Waals surface area (Å²) in [6.07, 6.45) is 0.762. The van der Waals surface area contributed by atoms with E-state index in [-0.39, 0.29) is 0 Å². The number of aromatic nitrogens is 1. The van der Waals surface area contributed by atoms with Gasteiger partial charge in [-0.2, -0.15) is 0 Å². The number of pyridine rings is 1. The number of nitrogens with zero attached hydrogens (tertiary/aromatic N) is 1. The molecular weight excluding hydrogens is 378 g/mol. The fraction of sp³-hybridized carbons (Fsp3) is 0.0690. The molecule has 0 radical (unpaired) electrons. The van der Waals surface area contributed by atoms with Crippen molar-refractivity contribution in [2.75, 3.05) is 7.11 Å². The number of methoxy groups -OCH3 is 1. The van der Waals surface area contributed by atoms with Gasteiger partial charge in [0, 0.05) is 17.5 Å². The highest BCUT2D eigenvalue weighted by Crippen LogP contribution is 2.43. The van der Waals surface area contributed by atoms with Crippen molar-refractivity contribution in [2.45, 2.75) is 6.42 Å². The van der Waals surface area contributed by atoms with E-state index in [9.17, 15) is 0 Å². The highest BCUT2D eigenvalue weighted by Gasteiger charge is 2.20. The van der Waals surface area contributed by atoms with E-state index < -0.39 is 0 Å². The number of hydrogen-bond donors (Lipinski definition) is 0. The van der Waals surface area contributed by atoms with Gasteiger partial charge >= 0.3 is 0 Å². The lowest BCUT2D eigenvalue weighted by molar-refractivity contribution is 0.420. The van der Waals surface area contributed by atoms with Crippen LogP contribution in [0.15, 0.2) is 109 Å². The van der Waals surface area contributed by atoms with E-state index in [0.717, 1.165) is 45.5 Å². The number of ether oxygens (including phenoxy) is 1. The molecule has 0 unspecified atom stereocenters. The second-order valence-corrected chi connectivity index (χ2v) is 7.56. The molecule has 4 aromatic carbocycles. The van der Waals surface area contributed by atoms with Gasteiger partial charge < -0.3 is 4.74 Å². The molecule has 0 aliphatic heterocycles. The second kappa shape index (κ2) is 8.45. The van der Waals surface area contributed by atoms with Crippen molar-refractivity contribution in [3.05, 3.63) is 120 Å². The molecule has 0 amide bonds. The molecule has 0 atom stereocenters. The summed E-state index contributed by atoms with van der Waals surface area (Å²) >= 11 is 0. The Labute approximate surface area is 182 Å². The molecule has 0 fully saturated rings. The highest BCUT2D eigenvalue weighted by molar-refractivity contribution is 6.06. The summed E-state index contributed by atoms with van der Waals surface area (Å²) in [5.41, 5.74) is 7.90. The molecule has 31 heavy (non-hydrogen) atoms. The van der Waals surface area contributed by atoms with Gasteiger partial charge in [-0.05, 0) is 28.8 Å². The van der Waals surface area contributed by atoms with Gasteiger partial charge in [-0.3, -0.25) is 4.98 Å². The largest absolute Gasteiger partial charge is 0.496 e. The van der Waals surface area contributed by atoms with E-state index in [1.165, 1.54) is 11.1 Å². The van der Waals surface area contributed by atoms with Crippen LogP contribution in [0.25, 0.3) is 33.2 Å². The van der Waals surface area contributed by atoms with Crippen LogP contribution in [0, 0.1) is 0 Å². The first-order valence-electron chi connectivity index (χ1n) is 10.5. The molecule has 0 saturated heterocycles. The summed E-state index contributed by atoms with van der Waals surface area (Å²) in [5, 5.41) is 1.05. The molecule has 0 aliphatic rings. The first-order chi connectivity index (χ1) is 15.3. The van der Waals surface area contributed by atoms with Crippen molar-refractivity contribution in [1.82, 2.24) is 4.98 Å². The number of hydrogen-bond acceptors (Lipinski definition) is 2. The molecule has 0 saturated carbocycles. The maximum atomic E-state index is 5.80. The van der Waals surface area contributed by atoms with Crippen LogP contribution in [0.2, 0.25) is 0 Å². The van der Waals surface area contributed by atoms with E-state index in [4.69, 9.17) is 9.72 Å². The standard InChI is InChI=1S/C29H23NO/c1-31-26-19-11-18-24-29(26)28(23-16-9-4-10-17-23)27(22-14-7-3-8-15-22)25(30-24)20-21-12-5-2-6-13-21/h2-19H,20H2,1H3. The van der Waals surface area contributed by atoms with E-state index in [1.54, 1.807) is 7.11 Å². The Morgan fingerprint density at radius 2 is 1.19 bits per heavy atom. The fourth-order valence-corrected chi connectivity index (χ4v) is 4.23. The van der Waals surface area contributed by atoms with Crippen molar-refractivity contribution >= 4 is 10.9 Å². The third-order valence-electron chi connectivity index (χ3n) is 5.61. The van der Waals surface area contributed by atoms with Crippen molar-refractivity contribution in [3.63, 3.8) is 0 Å². The van der Waals surface area contributed by atoms with Crippen LogP contribution < -0.4 is 4.74 Å². The molecule has 0 spiro atoms. The van der Waals surface area contributed by atoms with E-state index >= 15 is 0 Å². The molecule has 2 heteroatoms. The van der Waals surface area contributed by atoms with Gasteiger partial charge in [-0.25, -0.2) is 0 Å². The molecule has 2 nitrogen and oxygen atoms in total. The monoisotopic (exact) mass is 401 g/mol. The summed E-state index contributed by atoms with van der Waals surface area (Å²) in [6.45, 7) is 0. The lowest BCUT2D eigenvalue weighted by Gasteiger charge is -2.20. The average Bonchev–Trinajstić information content (AvgIpc) is 2.84. The van der Waals surface area contributed by atoms with Gasteiger partial charge in [-0.15, -0.1) is 0 Å². The minimum atomic E-state index is 0.762. The minimum Gasteiger partial charge on any atom is -0.496 e. The Kier molecular flexibility index (Phi) is 5.20.